The van der Waals surface area contributed by atoms with E-state index in [2.05, 4.69) is 20.4 Å². The van der Waals surface area contributed by atoms with Crippen LogP contribution in [0.5, 0.6) is 0 Å². The molecule has 0 radical (unpaired) electrons. The van der Waals surface area contributed by atoms with Gasteiger partial charge >= 0.3 is 0 Å². The summed E-state index contributed by atoms with van der Waals surface area (Å²) in [7, 11) is 0. The van der Waals surface area contributed by atoms with Gasteiger partial charge in [0.25, 0.3) is 5.56 Å². The molecule has 0 aliphatic carbocycles. The van der Waals surface area contributed by atoms with Crippen molar-refractivity contribution >= 4 is 22.5 Å². The number of benzene rings is 2. The summed E-state index contributed by atoms with van der Waals surface area (Å²) in [6.45, 7) is 1.97. The number of nitrogens with one attached hydrogen (secondary N) is 2. The molecule has 2 aromatic heterocycles. The molecule has 0 aliphatic rings. The number of amides is 1. The number of H-pyrrole nitrogens is 1. The number of fused-ring (bicyclic) bond motifs is 1. The predicted molar refractivity (Wildman–Crippen MR) is 111 cm³/mol. The Morgan fingerprint density at radius 1 is 1.20 bits per heavy atom. The minimum absolute atomic E-state index is 0.147. The second-order valence-electron chi connectivity index (χ2n) is 7.00. The summed E-state index contributed by atoms with van der Waals surface area (Å²) in [6, 6.07) is 13.5. The number of hydrogen-bond donors (Lipinski definition) is 2. The maximum Gasteiger partial charge on any atom is 0.259 e. The first kappa shape index (κ1) is 19.5. The fourth-order valence-electron chi connectivity index (χ4n) is 3.13. The van der Waals surface area contributed by atoms with Crippen molar-refractivity contribution in [3.8, 4) is 11.4 Å². The fourth-order valence-corrected chi connectivity index (χ4v) is 3.13. The largest absolute Gasteiger partial charge is 0.339 e. The van der Waals surface area contributed by atoms with E-state index in [1.54, 1.807) is 18.2 Å². The van der Waals surface area contributed by atoms with Crippen LogP contribution in [0, 0.1) is 12.7 Å². The molecule has 0 saturated heterocycles. The van der Waals surface area contributed by atoms with Crippen molar-refractivity contribution in [3.05, 3.63) is 76.2 Å². The molecule has 8 heteroatoms. The van der Waals surface area contributed by atoms with Crippen molar-refractivity contribution < 1.29 is 13.7 Å². The lowest BCUT2D eigenvalue weighted by Gasteiger charge is -2.05. The summed E-state index contributed by atoms with van der Waals surface area (Å²) in [6.07, 6.45) is 0.972. The van der Waals surface area contributed by atoms with E-state index < -0.39 is 5.82 Å². The van der Waals surface area contributed by atoms with Crippen LogP contribution in [-0.2, 0) is 11.2 Å². The Bertz CT molecular complexity index is 1280. The number of para-hydroxylation sites is 1. The predicted octanol–water partition coefficient (Wildman–Crippen LogP) is 3.99. The van der Waals surface area contributed by atoms with Crippen LogP contribution >= 0.6 is 0 Å². The van der Waals surface area contributed by atoms with Crippen LogP contribution in [-0.4, -0.2) is 21.0 Å². The highest BCUT2D eigenvalue weighted by Crippen LogP contribution is 2.19. The van der Waals surface area contributed by atoms with Crippen molar-refractivity contribution in [2.75, 3.05) is 5.32 Å². The zero-order valence-electron chi connectivity index (χ0n) is 16.2. The summed E-state index contributed by atoms with van der Waals surface area (Å²) in [4.78, 5) is 31.5. The number of aromatic amines is 1. The number of rotatable bonds is 6. The van der Waals surface area contributed by atoms with Gasteiger partial charge in [-0.25, -0.2) is 4.39 Å². The van der Waals surface area contributed by atoms with Gasteiger partial charge in [-0.2, -0.15) is 4.98 Å². The second kappa shape index (κ2) is 8.28. The molecule has 0 unspecified atom stereocenters. The fraction of sp³-hybridized carbons (Fsp3) is 0.182. The molecule has 30 heavy (non-hydrogen) atoms. The van der Waals surface area contributed by atoms with Gasteiger partial charge in [-0.15, -0.1) is 0 Å². The topological polar surface area (TPSA) is 101 Å². The number of aromatic nitrogens is 3. The Morgan fingerprint density at radius 2 is 2.03 bits per heavy atom. The van der Waals surface area contributed by atoms with Crippen LogP contribution in [0.25, 0.3) is 22.3 Å². The van der Waals surface area contributed by atoms with Crippen molar-refractivity contribution in [3.63, 3.8) is 0 Å². The van der Waals surface area contributed by atoms with Gasteiger partial charge in [0.2, 0.25) is 17.6 Å². The maximum atomic E-state index is 13.6. The summed E-state index contributed by atoms with van der Waals surface area (Å²) in [5.74, 6) is -0.262. The smallest absolute Gasteiger partial charge is 0.259 e. The monoisotopic (exact) mass is 406 g/mol. The Hall–Kier alpha value is -3.81. The Morgan fingerprint density at radius 3 is 2.87 bits per heavy atom. The summed E-state index contributed by atoms with van der Waals surface area (Å²) in [5, 5.41) is 7.30. The first-order valence-electron chi connectivity index (χ1n) is 9.50. The molecule has 2 heterocycles. The van der Waals surface area contributed by atoms with Crippen LogP contribution in [0.4, 0.5) is 10.1 Å². The van der Waals surface area contributed by atoms with E-state index in [1.165, 1.54) is 12.1 Å². The Balaban J connectivity index is 1.40. The van der Waals surface area contributed by atoms with Gasteiger partial charge in [0, 0.05) is 18.4 Å². The van der Waals surface area contributed by atoms with E-state index in [9.17, 15) is 14.0 Å². The van der Waals surface area contributed by atoms with Crippen molar-refractivity contribution in [2.45, 2.75) is 26.2 Å². The van der Waals surface area contributed by atoms with Gasteiger partial charge in [0.1, 0.15) is 5.82 Å². The molecule has 7 nitrogen and oxygen atoms in total. The van der Waals surface area contributed by atoms with Crippen LogP contribution < -0.4 is 10.9 Å². The third-order valence-electron chi connectivity index (χ3n) is 4.65. The molecule has 0 bridgehead atoms. The molecule has 0 saturated carbocycles. The van der Waals surface area contributed by atoms with Gasteiger partial charge in [-0.3, -0.25) is 9.59 Å². The molecule has 4 aromatic rings. The number of halogens is 1. The van der Waals surface area contributed by atoms with E-state index in [4.69, 9.17) is 4.52 Å². The minimum Gasteiger partial charge on any atom is -0.339 e. The van der Waals surface area contributed by atoms with Crippen molar-refractivity contribution in [1.82, 2.24) is 15.1 Å². The lowest BCUT2D eigenvalue weighted by atomic mass is 10.1. The molecule has 0 atom stereocenters. The van der Waals surface area contributed by atoms with Gasteiger partial charge < -0.3 is 14.8 Å². The van der Waals surface area contributed by atoms with Crippen molar-refractivity contribution in [1.29, 1.82) is 0 Å². The zero-order chi connectivity index (χ0) is 21.1. The van der Waals surface area contributed by atoms with Gasteiger partial charge in [0.05, 0.1) is 11.3 Å². The SMILES string of the molecule is Cc1ccc2[nH]c(=O)c(-c3noc(CCCC(=O)Nc4ccccc4F)n3)cc2c1. The molecule has 4 rings (SSSR count). The van der Waals surface area contributed by atoms with E-state index in [0.717, 1.165) is 16.5 Å². The molecule has 0 fully saturated rings. The van der Waals surface area contributed by atoms with Crippen molar-refractivity contribution in [2.24, 2.45) is 0 Å². The summed E-state index contributed by atoms with van der Waals surface area (Å²) < 4.78 is 18.8. The molecule has 2 N–H and O–H groups in total. The highest BCUT2D eigenvalue weighted by Gasteiger charge is 2.14. The molecular formula is C22H19FN4O3. The third kappa shape index (κ3) is 4.27. The molecule has 0 aliphatic heterocycles. The maximum absolute atomic E-state index is 13.6. The molecule has 1 amide bonds. The highest BCUT2D eigenvalue weighted by atomic mass is 19.1. The highest BCUT2D eigenvalue weighted by molar-refractivity contribution is 5.90. The number of anilines is 1. The van der Waals surface area contributed by atoms with E-state index in [1.807, 2.05) is 25.1 Å². The van der Waals surface area contributed by atoms with E-state index >= 15 is 0 Å². The molecular weight excluding hydrogens is 387 g/mol. The third-order valence-corrected chi connectivity index (χ3v) is 4.65. The number of hydrogen-bond acceptors (Lipinski definition) is 5. The van der Waals surface area contributed by atoms with E-state index in [-0.39, 0.29) is 29.4 Å². The molecule has 2 aromatic carbocycles. The van der Waals surface area contributed by atoms with Crippen LogP contribution in [0.3, 0.4) is 0 Å². The van der Waals surface area contributed by atoms with Gasteiger partial charge in [0.15, 0.2) is 0 Å². The average molecular weight is 406 g/mol. The number of aryl methyl sites for hydroxylation is 2. The summed E-state index contributed by atoms with van der Waals surface area (Å²) in [5.41, 5.74) is 1.97. The number of carbonyl (C=O) groups is 1. The Labute approximate surface area is 170 Å². The lowest BCUT2D eigenvalue weighted by molar-refractivity contribution is -0.116. The van der Waals surface area contributed by atoms with Crippen LogP contribution in [0.2, 0.25) is 0 Å². The number of nitrogens with zero attached hydrogens (tertiary/aromatic N) is 2. The summed E-state index contributed by atoms with van der Waals surface area (Å²) >= 11 is 0. The molecule has 152 valence electrons. The second-order valence-corrected chi connectivity index (χ2v) is 7.00. The number of carbonyl (C=O) groups excluding carboxylic acids is 1. The quantitative estimate of drug-likeness (QED) is 0.504. The Kier molecular flexibility index (Phi) is 5.38. The average Bonchev–Trinajstić information content (AvgIpc) is 3.18. The number of pyridine rings is 1. The standard InChI is InChI=1S/C22H19FN4O3/c1-13-9-10-17-14(11-13)12-15(22(29)25-17)21-26-20(30-27-21)8-4-7-19(28)24-18-6-3-2-5-16(18)23/h2-3,5-6,9-12H,4,7-8H2,1H3,(H,24,28)(H,25,29). The van der Waals surface area contributed by atoms with E-state index in [0.29, 0.717) is 24.3 Å². The minimum atomic E-state index is -0.483. The van der Waals surface area contributed by atoms with Crippen LogP contribution in [0.15, 0.2) is 57.8 Å². The van der Waals surface area contributed by atoms with Gasteiger partial charge in [-0.1, -0.05) is 28.9 Å². The zero-order valence-corrected chi connectivity index (χ0v) is 16.2. The van der Waals surface area contributed by atoms with Gasteiger partial charge in [-0.05, 0) is 49.1 Å². The normalized spacial score (nSPS) is 11.0. The van der Waals surface area contributed by atoms with Crippen LogP contribution in [0.1, 0.15) is 24.3 Å². The lowest BCUT2D eigenvalue weighted by Crippen LogP contribution is -2.12. The molecule has 0 spiro atoms. The first-order chi connectivity index (χ1) is 14.5. The first-order valence-corrected chi connectivity index (χ1v) is 9.50.